The van der Waals surface area contributed by atoms with E-state index in [0.29, 0.717) is 23.9 Å². The van der Waals surface area contributed by atoms with Gasteiger partial charge in [-0.15, -0.1) is 0 Å². The number of amidine groups is 1. The van der Waals surface area contributed by atoms with Gasteiger partial charge >= 0.3 is 0 Å². The summed E-state index contributed by atoms with van der Waals surface area (Å²) in [5, 5.41) is 11.1. The van der Waals surface area contributed by atoms with Crippen LogP contribution in [0.15, 0.2) is 27.8 Å². The van der Waals surface area contributed by atoms with Gasteiger partial charge < -0.3 is 15.7 Å². The number of benzene rings is 1. The zero-order valence-electron chi connectivity index (χ0n) is 8.49. The number of oxime groups is 1. The van der Waals surface area contributed by atoms with Crippen LogP contribution >= 0.6 is 15.9 Å². The van der Waals surface area contributed by atoms with Crippen LogP contribution in [0, 0.1) is 5.82 Å². The van der Waals surface area contributed by atoms with E-state index in [4.69, 9.17) is 15.7 Å². The first-order chi connectivity index (χ1) is 7.63. The number of halogens is 2. The summed E-state index contributed by atoms with van der Waals surface area (Å²) in [5.41, 5.74) is 5.27. The summed E-state index contributed by atoms with van der Waals surface area (Å²) in [6.07, 6.45) is 0.972. The van der Waals surface area contributed by atoms with Crippen LogP contribution in [0.25, 0.3) is 0 Å². The van der Waals surface area contributed by atoms with Gasteiger partial charge in [0.15, 0.2) is 11.6 Å². The molecule has 0 aliphatic heterocycles. The molecule has 0 spiro atoms. The van der Waals surface area contributed by atoms with E-state index in [2.05, 4.69) is 21.1 Å². The number of hydrogen-bond acceptors (Lipinski definition) is 3. The molecule has 6 heteroatoms. The summed E-state index contributed by atoms with van der Waals surface area (Å²) in [4.78, 5) is 0. The summed E-state index contributed by atoms with van der Waals surface area (Å²) in [7, 11) is 0. The maximum Gasteiger partial charge on any atom is 0.166 e. The molecule has 0 aliphatic carbocycles. The van der Waals surface area contributed by atoms with Crippen molar-refractivity contribution in [1.29, 1.82) is 0 Å². The van der Waals surface area contributed by atoms with Gasteiger partial charge in [0.1, 0.15) is 5.84 Å². The van der Waals surface area contributed by atoms with E-state index in [-0.39, 0.29) is 11.6 Å². The van der Waals surface area contributed by atoms with Gasteiger partial charge in [0.2, 0.25) is 0 Å². The molecular formula is C10H12BrFN2O2. The van der Waals surface area contributed by atoms with Gasteiger partial charge in [-0.1, -0.05) is 21.1 Å². The van der Waals surface area contributed by atoms with E-state index in [1.807, 2.05) is 0 Å². The molecule has 0 bridgehead atoms. The van der Waals surface area contributed by atoms with E-state index in [9.17, 15) is 4.39 Å². The molecule has 0 aliphatic rings. The van der Waals surface area contributed by atoms with Crippen LogP contribution in [-0.2, 0) is 0 Å². The lowest BCUT2D eigenvalue weighted by Gasteiger charge is -2.06. The molecular weight excluding hydrogens is 279 g/mol. The minimum atomic E-state index is -0.418. The molecule has 88 valence electrons. The molecule has 0 radical (unpaired) electrons. The molecule has 1 rings (SSSR count). The van der Waals surface area contributed by atoms with Crippen molar-refractivity contribution in [2.24, 2.45) is 10.9 Å². The Morgan fingerprint density at radius 3 is 2.94 bits per heavy atom. The Morgan fingerprint density at radius 2 is 2.31 bits per heavy atom. The number of hydrogen-bond donors (Lipinski definition) is 2. The van der Waals surface area contributed by atoms with Crippen molar-refractivity contribution in [3.8, 4) is 5.75 Å². The lowest BCUT2D eigenvalue weighted by Crippen LogP contribution is -2.12. The summed E-state index contributed by atoms with van der Waals surface area (Å²) in [6.45, 7) is 0.314. The van der Waals surface area contributed by atoms with E-state index in [0.717, 1.165) is 0 Å². The molecule has 0 saturated heterocycles. The fourth-order valence-electron chi connectivity index (χ4n) is 1.08. The molecule has 0 amide bonds. The normalized spacial score (nSPS) is 11.5. The quantitative estimate of drug-likeness (QED) is 0.288. The van der Waals surface area contributed by atoms with Gasteiger partial charge in [0.05, 0.1) is 6.61 Å². The maximum atomic E-state index is 13.3. The van der Waals surface area contributed by atoms with Crippen molar-refractivity contribution in [3.05, 3.63) is 28.5 Å². The van der Waals surface area contributed by atoms with Crippen molar-refractivity contribution in [2.45, 2.75) is 12.8 Å². The summed E-state index contributed by atoms with van der Waals surface area (Å²) in [6, 6.07) is 4.57. The molecule has 0 saturated carbocycles. The topological polar surface area (TPSA) is 67.8 Å². The Hall–Kier alpha value is -1.30. The van der Waals surface area contributed by atoms with Crippen LogP contribution < -0.4 is 10.5 Å². The first-order valence-corrected chi connectivity index (χ1v) is 5.47. The van der Waals surface area contributed by atoms with Crippen LogP contribution in [-0.4, -0.2) is 17.6 Å². The van der Waals surface area contributed by atoms with Crippen molar-refractivity contribution in [1.82, 2.24) is 0 Å². The number of nitrogens with zero attached hydrogens (tertiary/aromatic N) is 1. The zero-order valence-corrected chi connectivity index (χ0v) is 10.1. The standard InChI is InChI=1S/C10H12BrFN2O2/c11-7-3-4-9(8(12)6-7)16-5-1-2-10(13)14-15/h3-4,6,15H,1-2,5H2,(H2,13,14). The molecule has 16 heavy (non-hydrogen) atoms. The van der Waals surface area contributed by atoms with E-state index in [1.54, 1.807) is 12.1 Å². The van der Waals surface area contributed by atoms with Gasteiger partial charge in [0.25, 0.3) is 0 Å². The fourth-order valence-corrected chi connectivity index (χ4v) is 1.41. The summed E-state index contributed by atoms with van der Waals surface area (Å²) in [5.74, 6) is -0.0826. The molecule has 0 atom stereocenters. The Bertz CT molecular complexity index is 385. The molecule has 0 fully saturated rings. The van der Waals surface area contributed by atoms with Gasteiger partial charge in [-0.25, -0.2) is 4.39 Å². The van der Waals surface area contributed by atoms with Gasteiger partial charge in [0, 0.05) is 10.9 Å². The Balaban J connectivity index is 2.37. The number of rotatable bonds is 5. The monoisotopic (exact) mass is 290 g/mol. The minimum Gasteiger partial charge on any atom is -0.491 e. The lowest BCUT2D eigenvalue weighted by atomic mass is 10.3. The molecule has 4 nitrogen and oxygen atoms in total. The fraction of sp³-hybridized carbons (Fsp3) is 0.300. The van der Waals surface area contributed by atoms with Crippen molar-refractivity contribution in [3.63, 3.8) is 0 Å². The van der Waals surface area contributed by atoms with Crippen molar-refractivity contribution < 1.29 is 14.3 Å². The number of nitrogens with two attached hydrogens (primary N) is 1. The van der Waals surface area contributed by atoms with Crippen LogP contribution in [0.5, 0.6) is 5.75 Å². The number of ether oxygens (including phenoxy) is 1. The zero-order chi connectivity index (χ0) is 12.0. The van der Waals surface area contributed by atoms with E-state index < -0.39 is 5.82 Å². The second kappa shape index (κ2) is 6.32. The highest BCUT2D eigenvalue weighted by atomic mass is 79.9. The van der Waals surface area contributed by atoms with Crippen LogP contribution in [0.1, 0.15) is 12.8 Å². The van der Waals surface area contributed by atoms with Gasteiger partial charge in [-0.3, -0.25) is 0 Å². The largest absolute Gasteiger partial charge is 0.491 e. The highest BCUT2D eigenvalue weighted by Gasteiger charge is 2.03. The van der Waals surface area contributed by atoms with Gasteiger partial charge in [-0.05, 0) is 24.6 Å². The van der Waals surface area contributed by atoms with Crippen LogP contribution in [0.2, 0.25) is 0 Å². The molecule has 0 aromatic heterocycles. The SMILES string of the molecule is N/C(CCCOc1ccc(Br)cc1F)=N\O. The molecule has 0 heterocycles. The molecule has 3 N–H and O–H groups in total. The van der Waals surface area contributed by atoms with Crippen LogP contribution in [0.4, 0.5) is 4.39 Å². The molecule has 0 unspecified atom stereocenters. The van der Waals surface area contributed by atoms with E-state index in [1.165, 1.54) is 6.07 Å². The Morgan fingerprint density at radius 1 is 1.56 bits per heavy atom. The Kier molecular flexibility index (Phi) is 5.04. The van der Waals surface area contributed by atoms with Crippen LogP contribution in [0.3, 0.4) is 0 Å². The minimum absolute atomic E-state index is 0.139. The van der Waals surface area contributed by atoms with E-state index >= 15 is 0 Å². The lowest BCUT2D eigenvalue weighted by molar-refractivity contribution is 0.294. The third-order valence-corrected chi connectivity index (χ3v) is 2.35. The first kappa shape index (κ1) is 12.8. The smallest absolute Gasteiger partial charge is 0.166 e. The second-order valence-corrected chi connectivity index (χ2v) is 4.03. The highest BCUT2D eigenvalue weighted by Crippen LogP contribution is 2.21. The summed E-state index contributed by atoms with van der Waals surface area (Å²) < 4.78 is 19.1. The van der Waals surface area contributed by atoms with Crippen molar-refractivity contribution >= 4 is 21.8 Å². The predicted octanol–water partition coefficient (Wildman–Crippen LogP) is 2.49. The average Bonchev–Trinajstić information content (AvgIpc) is 2.26. The first-order valence-electron chi connectivity index (χ1n) is 4.67. The molecule has 1 aromatic rings. The second-order valence-electron chi connectivity index (χ2n) is 3.12. The Labute approximate surface area is 101 Å². The third-order valence-electron chi connectivity index (χ3n) is 1.86. The molecule has 1 aromatic carbocycles. The van der Waals surface area contributed by atoms with Crippen molar-refractivity contribution in [2.75, 3.05) is 6.61 Å². The van der Waals surface area contributed by atoms with Gasteiger partial charge in [-0.2, -0.15) is 0 Å². The predicted molar refractivity (Wildman–Crippen MR) is 62.2 cm³/mol. The highest BCUT2D eigenvalue weighted by molar-refractivity contribution is 9.10. The summed E-state index contributed by atoms with van der Waals surface area (Å²) >= 11 is 3.15. The third kappa shape index (κ3) is 4.06. The maximum absolute atomic E-state index is 13.3. The average molecular weight is 291 g/mol.